The smallest absolute Gasteiger partial charge is 0.121 e. The Balaban J connectivity index is 3.84. The van der Waals surface area contributed by atoms with Gasteiger partial charge in [-0.2, -0.15) is 0 Å². The molecule has 0 aromatic rings. The van der Waals surface area contributed by atoms with Gasteiger partial charge in [-0.15, -0.1) is 0 Å². The van der Waals surface area contributed by atoms with Crippen molar-refractivity contribution in [3.8, 4) is 0 Å². The molecule has 0 N–H and O–H groups in total. The van der Waals surface area contributed by atoms with Gasteiger partial charge in [0.25, 0.3) is 0 Å². The second kappa shape index (κ2) is 5.16. The van der Waals surface area contributed by atoms with E-state index in [-0.39, 0.29) is 0 Å². The molecule has 0 rings (SSSR count). The third-order valence-electron chi connectivity index (χ3n) is 0.835. The van der Waals surface area contributed by atoms with E-state index in [9.17, 15) is 0 Å². The molecule has 0 saturated heterocycles. The van der Waals surface area contributed by atoms with E-state index in [0.717, 1.165) is 5.76 Å². The van der Waals surface area contributed by atoms with Crippen molar-refractivity contribution >= 4 is 0 Å². The highest BCUT2D eigenvalue weighted by molar-refractivity contribution is 5.10. The van der Waals surface area contributed by atoms with E-state index in [1.54, 1.807) is 0 Å². The molecule has 0 atom stereocenters. The molecule has 0 spiro atoms. The van der Waals surface area contributed by atoms with E-state index in [2.05, 4.69) is 6.58 Å². The fraction of sp³-hybridized carbons (Fsp3) is 0.250. The lowest BCUT2D eigenvalue weighted by Crippen LogP contribution is -1.76. The van der Waals surface area contributed by atoms with Crippen LogP contribution in [0.1, 0.15) is 13.8 Å². The van der Waals surface area contributed by atoms with Crippen molar-refractivity contribution < 1.29 is 4.74 Å². The summed E-state index contributed by atoms with van der Waals surface area (Å²) in [5.41, 5.74) is 0. The Labute approximate surface area is 56.3 Å². The quantitative estimate of drug-likeness (QED) is 0.415. The lowest BCUT2D eigenvalue weighted by Gasteiger charge is -1.96. The molecule has 0 aliphatic carbocycles. The van der Waals surface area contributed by atoms with Crippen molar-refractivity contribution in [2.45, 2.75) is 13.8 Å². The van der Waals surface area contributed by atoms with Crippen LogP contribution in [-0.4, -0.2) is 0 Å². The molecule has 50 valence electrons. The SMILES string of the molecule is C=COC(C=CC)=CC. The number of hydrogen-bond donors (Lipinski definition) is 0. The summed E-state index contributed by atoms with van der Waals surface area (Å²) < 4.78 is 4.97. The molecule has 0 radical (unpaired) electrons. The summed E-state index contributed by atoms with van der Waals surface area (Å²) in [4.78, 5) is 0. The summed E-state index contributed by atoms with van der Waals surface area (Å²) in [5, 5.41) is 0. The first-order valence-electron chi connectivity index (χ1n) is 2.91. The Morgan fingerprint density at radius 1 is 1.44 bits per heavy atom. The average molecular weight is 124 g/mol. The Bertz CT molecular complexity index is 132. The highest BCUT2D eigenvalue weighted by Crippen LogP contribution is 1.98. The van der Waals surface area contributed by atoms with Gasteiger partial charge in [-0.25, -0.2) is 0 Å². The molecule has 0 heterocycles. The summed E-state index contributed by atoms with van der Waals surface area (Å²) in [7, 11) is 0. The van der Waals surface area contributed by atoms with Crippen molar-refractivity contribution in [3.63, 3.8) is 0 Å². The molecule has 0 aliphatic rings. The molecular formula is C8H12O. The van der Waals surface area contributed by atoms with Gasteiger partial charge in [0, 0.05) is 0 Å². The first kappa shape index (κ1) is 8.02. The zero-order chi connectivity index (χ0) is 7.11. The van der Waals surface area contributed by atoms with Gasteiger partial charge in [-0.1, -0.05) is 12.7 Å². The van der Waals surface area contributed by atoms with Gasteiger partial charge in [0.2, 0.25) is 0 Å². The van der Waals surface area contributed by atoms with Crippen LogP contribution in [0.25, 0.3) is 0 Å². The third-order valence-corrected chi connectivity index (χ3v) is 0.835. The molecular weight excluding hydrogens is 112 g/mol. The predicted molar refractivity (Wildman–Crippen MR) is 39.9 cm³/mol. The van der Waals surface area contributed by atoms with Crippen LogP contribution in [0.2, 0.25) is 0 Å². The van der Waals surface area contributed by atoms with Gasteiger partial charge in [-0.3, -0.25) is 0 Å². The van der Waals surface area contributed by atoms with Gasteiger partial charge >= 0.3 is 0 Å². The molecule has 0 saturated carbocycles. The molecule has 0 amide bonds. The van der Waals surface area contributed by atoms with Crippen molar-refractivity contribution in [1.29, 1.82) is 0 Å². The maximum absolute atomic E-state index is 4.97. The molecule has 0 aromatic heterocycles. The van der Waals surface area contributed by atoms with Crippen LogP contribution >= 0.6 is 0 Å². The highest BCUT2D eigenvalue weighted by atomic mass is 16.5. The van der Waals surface area contributed by atoms with Gasteiger partial charge in [0.1, 0.15) is 5.76 Å². The van der Waals surface area contributed by atoms with Crippen molar-refractivity contribution in [2.75, 3.05) is 0 Å². The minimum Gasteiger partial charge on any atom is -0.466 e. The zero-order valence-corrected chi connectivity index (χ0v) is 5.92. The maximum Gasteiger partial charge on any atom is 0.121 e. The van der Waals surface area contributed by atoms with Crippen molar-refractivity contribution in [2.24, 2.45) is 0 Å². The molecule has 0 aromatic carbocycles. The first-order valence-corrected chi connectivity index (χ1v) is 2.91. The molecule has 1 heteroatoms. The summed E-state index contributed by atoms with van der Waals surface area (Å²) >= 11 is 0. The fourth-order valence-corrected chi connectivity index (χ4v) is 0.464. The molecule has 0 aliphatic heterocycles. The topological polar surface area (TPSA) is 9.23 Å². The number of allylic oxidation sites excluding steroid dienone is 3. The first-order chi connectivity index (χ1) is 4.35. The Morgan fingerprint density at radius 3 is 2.44 bits per heavy atom. The number of hydrogen-bond acceptors (Lipinski definition) is 1. The van der Waals surface area contributed by atoms with Crippen molar-refractivity contribution in [1.82, 2.24) is 0 Å². The molecule has 0 fully saturated rings. The predicted octanol–water partition coefficient (Wildman–Crippen LogP) is 2.63. The second-order valence-electron chi connectivity index (χ2n) is 1.48. The van der Waals surface area contributed by atoms with Crippen LogP contribution in [-0.2, 0) is 4.74 Å². The van der Waals surface area contributed by atoms with E-state index in [4.69, 9.17) is 4.74 Å². The van der Waals surface area contributed by atoms with E-state index in [1.165, 1.54) is 6.26 Å². The number of rotatable bonds is 3. The average Bonchev–Trinajstić information content (AvgIpc) is 1.88. The lowest BCUT2D eigenvalue weighted by molar-refractivity contribution is 0.369. The molecule has 1 nitrogen and oxygen atoms in total. The molecule has 0 unspecified atom stereocenters. The van der Waals surface area contributed by atoms with E-state index in [0.29, 0.717) is 0 Å². The minimum atomic E-state index is 0.826. The zero-order valence-electron chi connectivity index (χ0n) is 5.92. The second-order valence-corrected chi connectivity index (χ2v) is 1.48. The largest absolute Gasteiger partial charge is 0.466 e. The van der Waals surface area contributed by atoms with Gasteiger partial charge in [0.15, 0.2) is 0 Å². The Hall–Kier alpha value is -0.980. The lowest BCUT2D eigenvalue weighted by atomic mass is 10.4. The third kappa shape index (κ3) is 3.59. The minimum absolute atomic E-state index is 0.826. The van der Waals surface area contributed by atoms with E-state index in [1.807, 2.05) is 32.1 Å². The van der Waals surface area contributed by atoms with E-state index >= 15 is 0 Å². The molecule has 0 bridgehead atoms. The highest BCUT2D eigenvalue weighted by Gasteiger charge is 1.82. The van der Waals surface area contributed by atoms with Crippen LogP contribution in [0.4, 0.5) is 0 Å². The Morgan fingerprint density at radius 2 is 2.11 bits per heavy atom. The summed E-state index contributed by atoms with van der Waals surface area (Å²) in [6, 6.07) is 0. The standard InChI is InChI=1S/C8H12O/c1-4-7-8(5-2)9-6-3/h4-7H,3H2,1-2H3. The number of ether oxygens (including phenoxy) is 1. The molecule has 9 heavy (non-hydrogen) atoms. The van der Waals surface area contributed by atoms with Crippen LogP contribution in [0.3, 0.4) is 0 Å². The normalized spacial score (nSPS) is 12.0. The van der Waals surface area contributed by atoms with Crippen molar-refractivity contribution in [3.05, 3.63) is 36.8 Å². The van der Waals surface area contributed by atoms with Crippen LogP contribution in [0, 0.1) is 0 Å². The maximum atomic E-state index is 4.97. The van der Waals surface area contributed by atoms with Crippen LogP contribution in [0.5, 0.6) is 0 Å². The summed E-state index contributed by atoms with van der Waals surface area (Å²) in [5.74, 6) is 0.826. The van der Waals surface area contributed by atoms with Gasteiger partial charge < -0.3 is 4.74 Å². The van der Waals surface area contributed by atoms with Gasteiger partial charge in [0.05, 0.1) is 6.26 Å². The van der Waals surface area contributed by atoms with Crippen LogP contribution < -0.4 is 0 Å². The van der Waals surface area contributed by atoms with E-state index < -0.39 is 0 Å². The van der Waals surface area contributed by atoms with Crippen LogP contribution in [0.15, 0.2) is 36.8 Å². The monoisotopic (exact) mass is 124 g/mol. The summed E-state index contributed by atoms with van der Waals surface area (Å²) in [6.45, 7) is 7.29. The van der Waals surface area contributed by atoms with Gasteiger partial charge in [-0.05, 0) is 26.0 Å². The Kier molecular flexibility index (Phi) is 4.60. The summed E-state index contributed by atoms with van der Waals surface area (Å²) in [6.07, 6.45) is 7.08. The fourth-order valence-electron chi connectivity index (χ4n) is 0.464.